The van der Waals surface area contributed by atoms with Crippen molar-refractivity contribution in [2.24, 2.45) is 5.92 Å². The van der Waals surface area contributed by atoms with Crippen LogP contribution in [0, 0.1) is 5.92 Å². The maximum Gasteiger partial charge on any atom is 0.270 e. The van der Waals surface area contributed by atoms with Gasteiger partial charge in [-0.1, -0.05) is 13.8 Å². The summed E-state index contributed by atoms with van der Waals surface area (Å²) in [4.78, 5) is 24.2. The Morgan fingerprint density at radius 3 is 2.44 bits per heavy atom. The zero-order valence-electron chi connectivity index (χ0n) is 14.9. The van der Waals surface area contributed by atoms with Gasteiger partial charge in [-0.3, -0.25) is 9.59 Å². The smallest absolute Gasteiger partial charge is 0.270 e. The normalized spacial score (nSPS) is 10.6. The second-order valence-corrected chi connectivity index (χ2v) is 5.98. The summed E-state index contributed by atoms with van der Waals surface area (Å²) in [7, 11) is 3.06. The predicted octanol–water partition coefficient (Wildman–Crippen LogP) is 1.70. The monoisotopic (exact) mass is 345 g/mol. The molecule has 0 fully saturated rings. The molecule has 1 amide bonds. The van der Waals surface area contributed by atoms with E-state index in [1.165, 1.54) is 13.2 Å². The van der Waals surface area contributed by atoms with Crippen molar-refractivity contribution >= 4 is 5.91 Å². The molecule has 7 nitrogen and oxygen atoms in total. The van der Waals surface area contributed by atoms with Crippen LogP contribution in [0.4, 0.5) is 0 Å². The minimum Gasteiger partial charge on any atom is -0.497 e. The average Bonchev–Trinajstić information content (AvgIpc) is 2.61. The lowest BCUT2D eigenvalue weighted by molar-refractivity contribution is -0.122. The molecule has 1 heterocycles. The molecule has 0 unspecified atom stereocenters. The van der Waals surface area contributed by atoms with Gasteiger partial charge >= 0.3 is 0 Å². The Morgan fingerprint density at radius 1 is 1.20 bits per heavy atom. The maximum absolute atomic E-state index is 12.2. The van der Waals surface area contributed by atoms with Gasteiger partial charge in [0.1, 0.15) is 18.0 Å². The number of aromatic nitrogens is 2. The Kier molecular flexibility index (Phi) is 6.16. The highest BCUT2D eigenvalue weighted by Crippen LogP contribution is 2.27. The van der Waals surface area contributed by atoms with E-state index in [2.05, 4.69) is 10.4 Å². The highest BCUT2D eigenvalue weighted by molar-refractivity contribution is 5.75. The van der Waals surface area contributed by atoms with Crippen molar-refractivity contribution in [1.29, 1.82) is 0 Å². The van der Waals surface area contributed by atoms with Crippen LogP contribution in [0.1, 0.15) is 13.8 Å². The zero-order chi connectivity index (χ0) is 18.4. The average molecular weight is 345 g/mol. The summed E-state index contributed by atoms with van der Waals surface area (Å²) < 4.78 is 11.5. The standard InChI is InChI=1S/C18H23N3O4/c1-12(2)10-19-16(22)11-21-17(23)9-15(25-4)18(20-21)13-5-7-14(24-3)8-6-13/h5-9,12H,10-11H2,1-4H3,(H,19,22). The van der Waals surface area contributed by atoms with E-state index in [4.69, 9.17) is 9.47 Å². The van der Waals surface area contributed by atoms with Crippen molar-refractivity contribution in [1.82, 2.24) is 15.1 Å². The van der Waals surface area contributed by atoms with Gasteiger partial charge in [-0.25, -0.2) is 4.68 Å². The van der Waals surface area contributed by atoms with Gasteiger partial charge in [-0.2, -0.15) is 5.10 Å². The van der Waals surface area contributed by atoms with E-state index in [-0.39, 0.29) is 12.5 Å². The molecule has 25 heavy (non-hydrogen) atoms. The molecule has 134 valence electrons. The molecule has 2 aromatic rings. The van der Waals surface area contributed by atoms with Gasteiger partial charge in [0.2, 0.25) is 5.91 Å². The molecule has 0 saturated heterocycles. The van der Waals surface area contributed by atoms with E-state index < -0.39 is 5.56 Å². The Bertz CT molecular complexity index is 782. The molecule has 7 heteroatoms. The van der Waals surface area contributed by atoms with E-state index in [1.54, 1.807) is 19.2 Å². The van der Waals surface area contributed by atoms with Gasteiger partial charge in [0.05, 0.1) is 14.2 Å². The topological polar surface area (TPSA) is 82.5 Å². The molecule has 0 aliphatic rings. The van der Waals surface area contributed by atoms with Crippen LogP contribution in [0.25, 0.3) is 11.3 Å². The minimum absolute atomic E-state index is 0.140. The summed E-state index contributed by atoms with van der Waals surface area (Å²) in [6, 6.07) is 8.56. The Hall–Kier alpha value is -2.83. The fraction of sp³-hybridized carbons (Fsp3) is 0.389. The summed E-state index contributed by atoms with van der Waals surface area (Å²) in [5.41, 5.74) is 0.851. The molecular formula is C18H23N3O4. The third kappa shape index (κ3) is 4.82. The Labute approximate surface area is 146 Å². The number of carbonyl (C=O) groups is 1. The molecule has 0 aliphatic carbocycles. The highest BCUT2D eigenvalue weighted by Gasteiger charge is 2.14. The lowest BCUT2D eigenvalue weighted by Crippen LogP contribution is -2.35. The lowest BCUT2D eigenvalue weighted by atomic mass is 10.1. The lowest BCUT2D eigenvalue weighted by Gasteiger charge is -2.12. The van der Waals surface area contributed by atoms with E-state index in [1.807, 2.05) is 26.0 Å². The van der Waals surface area contributed by atoms with Crippen LogP contribution in [0.2, 0.25) is 0 Å². The number of benzene rings is 1. The molecule has 0 radical (unpaired) electrons. The number of nitrogens with one attached hydrogen (secondary N) is 1. The van der Waals surface area contributed by atoms with Crippen LogP contribution in [0.5, 0.6) is 11.5 Å². The number of amides is 1. The molecule has 0 spiro atoms. The first-order valence-corrected chi connectivity index (χ1v) is 8.02. The number of carbonyl (C=O) groups excluding carboxylic acids is 1. The van der Waals surface area contributed by atoms with Crippen molar-refractivity contribution in [3.63, 3.8) is 0 Å². The summed E-state index contributed by atoms with van der Waals surface area (Å²) in [5.74, 6) is 1.15. The van der Waals surface area contributed by atoms with Crippen molar-refractivity contribution in [3.8, 4) is 22.8 Å². The number of nitrogens with zero attached hydrogens (tertiary/aromatic N) is 2. The van der Waals surface area contributed by atoms with Crippen LogP contribution in [-0.2, 0) is 11.3 Å². The van der Waals surface area contributed by atoms with Crippen LogP contribution >= 0.6 is 0 Å². The second-order valence-electron chi connectivity index (χ2n) is 5.98. The van der Waals surface area contributed by atoms with Crippen LogP contribution in [0.15, 0.2) is 35.1 Å². The molecule has 2 rings (SSSR count). The van der Waals surface area contributed by atoms with E-state index in [9.17, 15) is 9.59 Å². The third-order valence-corrected chi connectivity index (χ3v) is 3.55. The predicted molar refractivity (Wildman–Crippen MR) is 94.9 cm³/mol. The van der Waals surface area contributed by atoms with Crippen molar-refractivity contribution < 1.29 is 14.3 Å². The quantitative estimate of drug-likeness (QED) is 0.826. The molecule has 0 aliphatic heterocycles. The second kappa shape index (κ2) is 8.32. The first-order valence-electron chi connectivity index (χ1n) is 8.02. The Balaban J connectivity index is 2.32. The summed E-state index contributed by atoms with van der Waals surface area (Å²) in [6.07, 6.45) is 0. The largest absolute Gasteiger partial charge is 0.497 e. The summed E-state index contributed by atoms with van der Waals surface area (Å²) in [6.45, 7) is 4.41. The van der Waals surface area contributed by atoms with Gasteiger partial charge in [0.15, 0.2) is 5.75 Å². The number of hydrogen-bond donors (Lipinski definition) is 1. The van der Waals surface area contributed by atoms with Gasteiger partial charge < -0.3 is 14.8 Å². The third-order valence-electron chi connectivity index (χ3n) is 3.55. The first kappa shape index (κ1) is 18.5. The molecule has 0 atom stereocenters. The molecule has 1 N–H and O–H groups in total. The maximum atomic E-state index is 12.2. The highest BCUT2D eigenvalue weighted by atomic mass is 16.5. The van der Waals surface area contributed by atoms with E-state index >= 15 is 0 Å². The molecule has 1 aromatic carbocycles. The number of methoxy groups -OCH3 is 2. The van der Waals surface area contributed by atoms with Gasteiger partial charge in [-0.05, 0) is 30.2 Å². The number of ether oxygens (including phenoxy) is 2. The fourth-order valence-corrected chi connectivity index (χ4v) is 2.20. The van der Waals surface area contributed by atoms with Crippen molar-refractivity contribution in [3.05, 3.63) is 40.7 Å². The van der Waals surface area contributed by atoms with E-state index in [0.29, 0.717) is 29.7 Å². The molecular weight excluding hydrogens is 322 g/mol. The molecule has 1 aromatic heterocycles. The van der Waals surface area contributed by atoms with Crippen molar-refractivity contribution in [2.45, 2.75) is 20.4 Å². The van der Waals surface area contributed by atoms with Crippen LogP contribution in [0.3, 0.4) is 0 Å². The van der Waals surface area contributed by atoms with Gasteiger partial charge in [0.25, 0.3) is 5.56 Å². The van der Waals surface area contributed by atoms with Crippen LogP contribution in [-0.4, -0.2) is 36.5 Å². The van der Waals surface area contributed by atoms with Gasteiger partial charge in [-0.15, -0.1) is 0 Å². The first-order chi connectivity index (χ1) is 11.9. The Morgan fingerprint density at radius 2 is 1.88 bits per heavy atom. The minimum atomic E-state index is -0.395. The summed E-state index contributed by atoms with van der Waals surface area (Å²) >= 11 is 0. The molecule has 0 saturated carbocycles. The van der Waals surface area contributed by atoms with Gasteiger partial charge in [0, 0.05) is 18.2 Å². The van der Waals surface area contributed by atoms with Crippen molar-refractivity contribution in [2.75, 3.05) is 20.8 Å². The zero-order valence-corrected chi connectivity index (χ0v) is 14.9. The number of rotatable bonds is 7. The molecule has 0 bridgehead atoms. The number of hydrogen-bond acceptors (Lipinski definition) is 5. The summed E-state index contributed by atoms with van der Waals surface area (Å²) in [5, 5.41) is 7.09. The SMILES string of the molecule is COc1ccc(-c2nn(CC(=O)NCC(C)C)c(=O)cc2OC)cc1. The van der Waals surface area contributed by atoms with E-state index in [0.717, 1.165) is 10.2 Å². The van der Waals surface area contributed by atoms with Crippen LogP contribution < -0.4 is 20.3 Å². The fourth-order valence-electron chi connectivity index (χ4n) is 2.20.